The van der Waals surface area contributed by atoms with Crippen LogP contribution >= 0.6 is 0 Å². The largest absolute Gasteiger partial charge is 0.265 e. The number of hydrogen-bond acceptors (Lipinski definition) is 4. The van der Waals surface area contributed by atoms with Gasteiger partial charge in [0, 0.05) is 18.0 Å². The van der Waals surface area contributed by atoms with Gasteiger partial charge in [0.2, 0.25) is 10.0 Å². The van der Waals surface area contributed by atoms with Crippen molar-refractivity contribution in [3.8, 4) is 11.3 Å². The number of rotatable bonds is 6. The van der Waals surface area contributed by atoms with Crippen molar-refractivity contribution < 1.29 is 12.8 Å². The second kappa shape index (κ2) is 8.04. The van der Waals surface area contributed by atoms with Crippen LogP contribution in [0.2, 0.25) is 0 Å². The lowest BCUT2D eigenvalue weighted by Crippen LogP contribution is -2.24. The summed E-state index contributed by atoms with van der Waals surface area (Å²) in [6.45, 7) is 1.64. The molecule has 3 aromatic rings. The minimum Gasteiger partial charge on any atom is -0.265 e. The summed E-state index contributed by atoms with van der Waals surface area (Å²) in [5.41, 5.74) is 2.98. The number of nitrogens with zero attached hydrogens (tertiary/aromatic N) is 3. The molecule has 0 spiro atoms. The number of hydrogen-bond donors (Lipinski definition) is 1. The highest BCUT2D eigenvalue weighted by molar-refractivity contribution is 7.89. The summed E-state index contributed by atoms with van der Waals surface area (Å²) >= 11 is 0. The van der Waals surface area contributed by atoms with Crippen molar-refractivity contribution in [3.05, 3.63) is 65.9 Å². The van der Waals surface area contributed by atoms with Gasteiger partial charge in [0.1, 0.15) is 5.82 Å². The lowest BCUT2D eigenvalue weighted by atomic mass is 10.1. The molecule has 152 valence electrons. The molecule has 0 atom stereocenters. The van der Waals surface area contributed by atoms with Crippen LogP contribution in [0.3, 0.4) is 0 Å². The smallest absolute Gasteiger partial charge is 0.241 e. The maximum absolute atomic E-state index is 13.3. The van der Waals surface area contributed by atoms with Gasteiger partial charge in [-0.05, 0) is 61.7 Å². The van der Waals surface area contributed by atoms with Gasteiger partial charge in [-0.25, -0.2) is 17.5 Å². The lowest BCUT2D eigenvalue weighted by molar-refractivity contribution is 0.467. The molecule has 0 radical (unpaired) electrons. The highest BCUT2D eigenvalue weighted by Crippen LogP contribution is 2.33. The first-order chi connectivity index (χ1) is 13.9. The van der Waals surface area contributed by atoms with Crippen LogP contribution in [0.4, 0.5) is 4.39 Å². The zero-order valence-electron chi connectivity index (χ0n) is 16.2. The summed E-state index contributed by atoms with van der Waals surface area (Å²) in [7, 11) is -3.77. The third-order valence-electron chi connectivity index (χ3n) is 5.30. The molecule has 0 bridgehead atoms. The molecule has 6 nitrogen and oxygen atoms in total. The topological polar surface area (TPSA) is 76.9 Å². The molecule has 1 aliphatic carbocycles. The number of aromatic nitrogens is 3. The van der Waals surface area contributed by atoms with E-state index in [9.17, 15) is 12.8 Å². The van der Waals surface area contributed by atoms with Crippen LogP contribution in [0.5, 0.6) is 0 Å². The van der Waals surface area contributed by atoms with E-state index in [0.29, 0.717) is 17.3 Å². The fourth-order valence-electron chi connectivity index (χ4n) is 3.86. The third kappa shape index (κ3) is 4.23. The molecule has 1 saturated carbocycles. The maximum Gasteiger partial charge on any atom is 0.241 e. The molecule has 1 N–H and O–H groups in total. The number of halogens is 1. The van der Waals surface area contributed by atoms with E-state index in [0.717, 1.165) is 30.2 Å². The Kier molecular flexibility index (Phi) is 5.47. The summed E-state index contributed by atoms with van der Waals surface area (Å²) in [5.74, 6) is -0.459. The Morgan fingerprint density at radius 1 is 1.14 bits per heavy atom. The summed E-state index contributed by atoms with van der Waals surface area (Å²) in [5, 5.41) is 4.71. The Labute approximate surface area is 169 Å². The fraction of sp³-hybridized carbons (Fsp3) is 0.333. The van der Waals surface area contributed by atoms with E-state index in [1.54, 1.807) is 19.3 Å². The Morgan fingerprint density at radius 2 is 1.86 bits per heavy atom. The fourth-order valence-corrected chi connectivity index (χ4v) is 5.08. The lowest BCUT2D eigenvalue weighted by Gasteiger charge is -2.14. The van der Waals surface area contributed by atoms with E-state index >= 15 is 0 Å². The molecule has 2 aromatic heterocycles. The summed E-state index contributed by atoms with van der Waals surface area (Å²) in [6, 6.07) is 9.75. The van der Waals surface area contributed by atoms with Crippen LogP contribution in [0.15, 0.2) is 53.7 Å². The molecule has 1 aliphatic rings. The van der Waals surface area contributed by atoms with E-state index in [-0.39, 0.29) is 11.4 Å². The van der Waals surface area contributed by atoms with Crippen molar-refractivity contribution in [1.82, 2.24) is 19.5 Å². The highest BCUT2D eigenvalue weighted by Gasteiger charge is 2.23. The third-order valence-corrected chi connectivity index (χ3v) is 6.86. The first-order valence-electron chi connectivity index (χ1n) is 9.69. The van der Waals surface area contributed by atoms with Crippen LogP contribution in [-0.2, 0) is 16.6 Å². The molecule has 0 amide bonds. The van der Waals surface area contributed by atoms with Crippen molar-refractivity contribution in [2.45, 2.75) is 50.1 Å². The maximum atomic E-state index is 13.3. The Hall–Kier alpha value is -2.58. The first kappa shape index (κ1) is 19.7. The molecule has 0 aliphatic heterocycles. The van der Waals surface area contributed by atoms with Crippen LogP contribution < -0.4 is 4.72 Å². The number of pyridine rings is 1. The molecule has 0 saturated heterocycles. The van der Waals surface area contributed by atoms with E-state index < -0.39 is 15.8 Å². The molecule has 2 heterocycles. The predicted octanol–water partition coefficient (Wildman–Crippen LogP) is 3.99. The van der Waals surface area contributed by atoms with E-state index in [2.05, 4.69) is 9.71 Å². The van der Waals surface area contributed by atoms with Gasteiger partial charge >= 0.3 is 0 Å². The van der Waals surface area contributed by atoms with Crippen LogP contribution in [0, 0.1) is 12.7 Å². The Bertz CT molecular complexity index is 1110. The summed E-state index contributed by atoms with van der Waals surface area (Å²) in [6.07, 6.45) is 7.96. The quantitative estimate of drug-likeness (QED) is 0.662. The summed E-state index contributed by atoms with van der Waals surface area (Å²) in [4.78, 5) is 4.15. The van der Waals surface area contributed by atoms with Gasteiger partial charge in [0.05, 0.1) is 28.9 Å². The molecular weight excluding hydrogens is 391 g/mol. The Morgan fingerprint density at radius 3 is 2.55 bits per heavy atom. The molecule has 8 heteroatoms. The molecular formula is C21H23FN4O2S. The molecule has 29 heavy (non-hydrogen) atoms. The van der Waals surface area contributed by atoms with Crippen molar-refractivity contribution in [2.24, 2.45) is 0 Å². The minimum absolute atomic E-state index is 0.0664. The second-order valence-corrected chi connectivity index (χ2v) is 9.11. The van der Waals surface area contributed by atoms with Gasteiger partial charge in [-0.1, -0.05) is 12.8 Å². The molecule has 0 unspecified atom stereocenters. The number of nitrogens with one attached hydrogen (secondary N) is 1. The average Bonchev–Trinajstić information content (AvgIpc) is 3.36. The van der Waals surface area contributed by atoms with Crippen LogP contribution in [0.25, 0.3) is 11.3 Å². The highest BCUT2D eigenvalue weighted by atomic mass is 32.2. The number of sulfonamides is 1. The van der Waals surface area contributed by atoms with Crippen LogP contribution in [-0.4, -0.2) is 23.2 Å². The average molecular weight is 415 g/mol. The molecule has 4 rings (SSSR count). The summed E-state index contributed by atoms with van der Waals surface area (Å²) < 4.78 is 43.3. The SMILES string of the molecule is Cc1cc(F)ccc1S(=O)(=O)NCc1cc(-c2ccncc2)n(C2CCCC2)n1. The van der Waals surface area contributed by atoms with Gasteiger partial charge in [0.25, 0.3) is 0 Å². The zero-order valence-corrected chi connectivity index (χ0v) is 17.0. The van der Waals surface area contributed by atoms with Gasteiger partial charge in [-0.3, -0.25) is 9.67 Å². The molecule has 1 aromatic carbocycles. The van der Waals surface area contributed by atoms with Crippen molar-refractivity contribution in [1.29, 1.82) is 0 Å². The monoisotopic (exact) mass is 414 g/mol. The van der Waals surface area contributed by atoms with Crippen molar-refractivity contribution in [2.75, 3.05) is 0 Å². The van der Waals surface area contributed by atoms with E-state index in [1.165, 1.54) is 25.0 Å². The van der Waals surface area contributed by atoms with Crippen molar-refractivity contribution in [3.63, 3.8) is 0 Å². The normalized spacial score (nSPS) is 15.1. The number of benzene rings is 1. The van der Waals surface area contributed by atoms with Gasteiger partial charge < -0.3 is 0 Å². The zero-order chi connectivity index (χ0) is 20.4. The Balaban J connectivity index is 1.60. The van der Waals surface area contributed by atoms with E-state index in [4.69, 9.17) is 5.10 Å². The second-order valence-electron chi connectivity index (χ2n) is 7.37. The number of aryl methyl sites for hydroxylation is 1. The van der Waals surface area contributed by atoms with Gasteiger partial charge in [-0.15, -0.1) is 0 Å². The standard InChI is InChI=1S/C21H23FN4O2S/c1-15-12-17(22)6-7-21(15)29(27,28)24-14-18-13-20(16-8-10-23-11-9-16)26(25-18)19-4-2-3-5-19/h6-13,19,24H,2-5,14H2,1H3. The first-order valence-corrected chi connectivity index (χ1v) is 11.2. The van der Waals surface area contributed by atoms with Crippen molar-refractivity contribution >= 4 is 10.0 Å². The molecule has 1 fully saturated rings. The van der Waals surface area contributed by atoms with E-state index in [1.807, 2.05) is 22.9 Å². The minimum atomic E-state index is -3.77. The predicted molar refractivity (Wildman–Crippen MR) is 108 cm³/mol. The van der Waals surface area contributed by atoms with Gasteiger partial charge in [0.15, 0.2) is 0 Å². The van der Waals surface area contributed by atoms with Crippen LogP contribution in [0.1, 0.15) is 43.0 Å². The van der Waals surface area contributed by atoms with Gasteiger partial charge in [-0.2, -0.15) is 5.10 Å².